The summed E-state index contributed by atoms with van der Waals surface area (Å²) >= 11 is 6.23. The fraction of sp³-hybridized carbons (Fsp3) is 0.292. The fourth-order valence-electron chi connectivity index (χ4n) is 3.26. The van der Waals surface area contributed by atoms with Crippen LogP contribution < -0.4 is 16.2 Å². The van der Waals surface area contributed by atoms with Crippen molar-refractivity contribution >= 4 is 23.4 Å². The van der Waals surface area contributed by atoms with E-state index in [1.807, 2.05) is 49.5 Å². The minimum atomic E-state index is -0.520. The van der Waals surface area contributed by atoms with Crippen LogP contribution in [0.15, 0.2) is 59.4 Å². The Bertz CT molecular complexity index is 1120. The van der Waals surface area contributed by atoms with Gasteiger partial charge in [-0.15, -0.1) is 0 Å². The first-order chi connectivity index (χ1) is 15.5. The van der Waals surface area contributed by atoms with Crippen LogP contribution >= 0.6 is 11.6 Å². The lowest BCUT2D eigenvalue weighted by atomic mass is 10.1. The average molecular weight is 455 g/mol. The quantitative estimate of drug-likeness (QED) is 0.457. The molecule has 0 spiro atoms. The predicted octanol–water partition coefficient (Wildman–Crippen LogP) is 3.32. The van der Waals surface area contributed by atoms with E-state index in [4.69, 9.17) is 16.3 Å². The minimum Gasteiger partial charge on any atom is -0.459 e. The molecule has 0 aliphatic heterocycles. The lowest BCUT2D eigenvalue weighted by molar-refractivity contribution is -0.145. The summed E-state index contributed by atoms with van der Waals surface area (Å²) in [7, 11) is 1.91. The van der Waals surface area contributed by atoms with E-state index in [1.165, 1.54) is 10.1 Å². The lowest BCUT2D eigenvalue weighted by Crippen LogP contribution is -2.31. The molecule has 8 heteroatoms. The number of nitrogens with one attached hydrogen (secondary N) is 2. The molecule has 3 aromatic rings. The van der Waals surface area contributed by atoms with Crippen LogP contribution in [0.4, 0.5) is 5.82 Å². The predicted molar refractivity (Wildman–Crippen MR) is 126 cm³/mol. The normalized spacial score (nSPS) is 10.7. The smallest absolute Gasteiger partial charge is 0.326 e. The van der Waals surface area contributed by atoms with E-state index in [0.29, 0.717) is 18.7 Å². The molecule has 0 aliphatic carbocycles. The Balaban J connectivity index is 1.64. The monoisotopic (exact) mass is 454 g/mol. The number of carbonyl (C=O) groups excluding carboxylic acids is 1. The van der Waals surface area contributed by atoms with E-state index in [2.05, 4.69) is 27.8 Å². The molecule has 3 rings (SSSR count). The first-order valence-corrected chi connectivity index (χ1v) is 10.8. The number of ether oxygens (including phenoxy) is 1. The molecule has 0 unspecified atom stereocenters. The maximum absolute atomic E-state index is 12.9. The van der Waals surface area contributed by atoms with Crippen LogP contribution in [0.1, 0.15) is 22.4 Å². The molecule has 2 aromatic carbocycles. The van der Waals surface area contributed by atoms with Gasteiger partial charge in [-0.25, -0.2) is 4.98 Å². The highest BCUT2D eigenvalue weighted by Crippen LogP contribution is 2.13. The van der Waals surface area contributed by atoms with Crippen LogP contribution in [-0.2, 0) is 35.6 Å². The number of aromatic nitrogens is 2. The van der Waals surface area contributed by atoms with E-state index in [-0.39, 0.29) is 24.1 Å². The molecule has 1 aromatic heterocycles. The third-order valence-electron chi connectivity index (χ3n) is 4.97. The number of hydrogen-bond donors (Lipinski definition) is 2. The zero-order chi connectivity index (χ0) is 22.9. The number of nitrogens with zero attached hydrogens (tertiary/aromatic N) is 2. The van der Waals surface area contributed by atoms with Crippen molar-refractivity contribution in [2.24, 2.45) is 0 Å². The Morgan fingerprint density at radius 1 is 1.09 bits per heavy atom. The van der Waals surface area contributed by atoms with Gasteiger partial charge in [-0.2, -0.15) is 0 Å². The first kappa shape index (κ1) is 23.5. The molecule has 32 heavy (non-hydrogen) atoms. The van der Waals surface area contributed by atoms with Gasteiger partial charge in [0.15, 0.2) is 11.0 Å². The highest BCUT2D eigenvalue weighted by molar-refractivity contribution is 6.30. The van der Waals surface area contributed by atoms with Crippen LogP contribution in [0.2, 0.25) is 5.15 Å². The number of esters is 1. The van der Waals surface area contributed by atoms with Crippen molar-refractivity contribution in [3.8, 4) is 0 Å². The van der Waals surface area contributed by atoms with Gasteiger partial charge in [0.25, 0.3) is 5.56 Å². The lowest BCUT2D eigenvalue weighted by Gasteiger charge is -2.14. The highest BCUT2D eigenvalue weighted by Gasteiger charge is 2.16. The fourth-order valence-corrected chi connectivity index (χ4v) is 3.45. The van der Waals surface area contributed by atoms with Crippen LogP contribution in [-0.4, -0.2) is 29.1 Å². The summed E-state index contributed by atoms with van der Waals surface area (Å²) in [6.45, 7) is 2.85. The van der Waals surface area contributed by atoms with Crippen LogP contribution in [0.25, 0.3) is 0 Å². The number of rotatable bonds is 10. The SMILES string of the molecule is CNCc1cccc(CCNc2nc(Cl)c(C)n(CC(=O)OCc3ccccc3)c2=O)c1. The molecule has 2 N–H and O–H groups in total. The number of anilines is 1. The van der Waals surface area contributed by atoms with Crippen molar-refractivity contribution < 1.29 is 9.53 Å². The molecule has 0 amide bonds. The molecule has 7 nitrogen and oxygen atoms in total. The van der Waals surface area contributed by atoms with E-state index in [9.17, 15) is 9.59 Å². The first-order valence-electron chi connectivity index (χ1n) is 10.4. The molecule has 0 atom stereocenters. The second kappa shape index (κ2) is 11.5. The van der Waals surface area contributed by atoms with Crippen molar-refractivity contribution in [2.75, 3.05) is 18.9 Å². The van der Waals surface area contributed by atoms with E-state index in [1.54, 1.807) is 6.92 Å². The van der Waals surface area contributed by atoms with Gasteiger partial charge in [0.1, 0.15) is 13.2 Å². The Labute approximate surface area is 192 Å². The average Bonchev–Trinajstić information content (AvgIpc) is 2.80. The largest absolute Gasteiger partial charge is 0.459 e. The second-order valence-electron chi connectivity index (χ2n) is 7.40. The molecule has 0 aliphatic rings. The topological polar surface area (TPSA) is 85.2 Å². The summed E-state index contributed by atoms with van der Waals surface area (Å²) in [6, 6.07) is 17.6. The Hall–Kier alpha value is -3.16. The number of benzene rings is 2. The van der Waals surface area contributed by atoms with Gasteiger partial charge in [0.2, 0.25) is 0 Å². The summed E-state index contributed by atoms with van der Waals surface area (Å²) < 4.78 is 6.59. The molecule has 168 valence electrons. The Morgan fingerprint density at radius 2 is 1.81 bits per heavy atom. The van der Waals surface area contributed by atoms with E-state index >= 15 is 0 Å². The van der Waals surface area contributed by atoms with E-state index < -0.39 is 11.5 Å². The molecule has 0 saturated heterocycles. The van der Waals surface area contributed by atoms with Gasteiger partial charge in [-0.05, 0) is 37.1 Å². The van der Waals surface area contributed by atoms with Gasteiger partial charge >= 0.3 is 5.97 Å². The van der Waals surface area contributed by atoms with Gasteiger partial charge < -0.3 is 15.4 Å². The Kier molecular flexibility index (Phi) is 8.41. The summed E-state index contributed by atoms with van der Waals surface area (Å²) in [6.07, 6.45) is 0.712. The number of hydrogen-bond acceptors (Lipinski definition) is 6. The van der Waals surface area contributed by atoms with Crippen LogP contribution in [0, 0.1) is 6.92 Å². The minimum absolute atomic E-state index is 0.114. The third-order valence-corrected chi connectivity index (χ3v) is 5.33. The van der Waals surface area contributed by atoms with Gasteiger partial charge in [-0.1, -0.05) is 66.2 Å². The molecule has 0 saturated carbocycles. The van der Waals surface area contributed by atoms with Crippen molar-refractivity contribution in [1.82, 2.24) is 14.9 Å². The maximum Gasteiger partial charge on any atom is 0.326 e. The molecular weight excluding hydrogens is 428 g/mol. The maximum atomic E-state index is 12.9. The third kappa shape index (κ3) is 6.42. The number of halogens is 1. The highest BCUT2D eigenvalue weighted by atomic mass is 35.5. The molecular formula is C24H27ClN4O3. The molecule has 0 fully saturated rings. The van der Waals surface area contributed by atoms with E-state index in [0.717, 1.165) is 17.7 Å². The molecule has 1 heterocycles. The second-order valence-corrected chi connectivity index (χ2v) is 7.76. The summed E-state index contributed by atoms with van der Waals surface area (Å²) in [5, 5.41) is 6.35. The summed E-state index contributed by atoms with van der Waals surface area (Å²) in [4.78, 5) is 29.4. The van der Waals surface area contributed by atoms with Crippen molar-refractivity contribution in [3.63, 3.8) is 0 Å². The van der Waals surface area contributed by atoms with Crippen molar-refractivity contribution in [2.45, 2.75) is 33.0 Å². The van der Waals surface area contributed by atoms with Gasteiger partial charge in [0.05, 0.1) is 5.69 Å². The molecule has 0 bridgehead atoms. The van der Waals surface area contributed by atoms with Gasteiger partial charge in [0, 0.05) is 13.1 Å². The number of carbonyl (C=O) groups is 1. The Morgan fingerprint density at radius 3 is 2.56 bits per heavy atom. The zero-order valence-electron chi connectivity index (χ0n) is 18.2. The van der Waals surface area contributed by atoms with Crippen LogP contribution in [0.5, 0.6) is 0 Å². The zero-order valence-corrected chi connectivity index (χ0v) is 19.0. The standard InChI is InChI=1S/C24H27ClN4O3/c1-17-22(25)28-23(27-12-11-18-9-6-10-20(13-18)14-26-2)24(31)29(17)15-21(30)32-16-19-7-4-3-5-8-19/h3-10,13,26H,11-12,14-16H2,1-2H3,(H,27,28). The van der Waals surface area contributed by atoms with Crippen molar-refractivity contribution in [1.29, 1.82) is 0 Å². The van der Waals surface area contributed by atoms with Crippen LogP contribution in [0.3, 0.4) is 0 Å². The summed E-state index contributed by atoms with van der Waals surface area (Å²) in [5.41, 5.74) is 3.22. The van der Waals surface area contributed by atoms with Crippen molar-refractivity contribution in [3.05, 3.63) is 92.5 Å². The summed E-state index contributed by atoms with van der Waals surface area (Å²) in [5.74, 6) is -0.406. The van der Waals surface area contributed by atoms with Gasteiger partial charge in [-0.3, -0.25) is 14.2 Å². The molecule has 0 radical (unpaired) electrons.